The summed E-state index contributed by atoms with van der Waals surface area (Å²) in [4.78, 5) is 11.8. The van der Waals surface area contributed by atoms with Gasteiger partial charge in [0.1, 0.15) is 21.2 Å². The van der Waals surface area contributed by atoms with E-state index in [9.17, 15) is 18.3 Å². The molecular weight excluding hydrogens is 324 g/mol. The van der Waals surface area contributed by atoms with Crippen molar-refractivity contribution in [1.29, 1.82) is 5.26 Å². The summed E-state index contributed by atoms with van der Waals surface area (Å²) in [6, 6.07) is 3.55. The molecule has 2 aliphatic rings. The number of sulfonamides is 1. The SMILES string of the molecule is N#Cc1ccc(S(=O)(=O)N2C(C(=O)O)CC3CCCCC32)s1. The molecule has 8 heteroatoms. The van der Waals surface area contributed by atoms with Gasteiger partial charge in [-0.25, -0.2) is 8.42 Å². The maximum Gasteiger partial charge on any atom is 0.322 e. The predicted octanol–water partition coefficient (Wildman–Crippen LogP) is 2.03. The van der Waals surface area contributed by atoms with Crippen LogP contribution in [0.3, 0.4) is 0 Å². The van der Waals surface area contributed by atoms with Crippen LogP contribution in [-0.2, 0) is 14.8 Å². The molecule has 1 aliphatic carbocycles. The molecule has 0 amide bonds. The smallest absolute Gasteiger partial charge is 0.322 e. The molecule has 1 aromatic rings. The van der Waals surface area contributed by atoms with Gasteiger partial charge in [-0.05, 0) is 37.3 Å². The maximum atomic E-state index is 12.9. The number of rotatable bonds is 3. The zero-order chi connectivity index (χ0) is 15.9. The Bertz CT molecular complexity index is 734. The van der Waals surface area contributed by atoms with Crippen LogP contribution in [0.25, 0.3) is 0 Å². The lowest BCUT2D eigenvalue weighted by Crippen LogP contribution is -2.45. The molecule has 0 aromatic carbocycles. The Hall–Kier alpha value is -1.43. The number of aliphatic carboxylic acids is 1. The summed E-state index contributed by atoms with van der Waals surface area (Å²) in [5, 5.41) is 18.3. The monoisotopic (exact) mass is 340 g/mol. The average molecular weight is 340 g/mol. The van der Waals surface area contributed by atoms with Gasteiger partial charge in [0.05, 0.1) is 0 Å². The van der Waals surface area contributed by atoms with Crippen LogP contribution in [0.2, 0.25) is 0 Å². The number of nitriles is 1. The van der Waals surface area contributed by atoms with Crippen molar-refractivity contribution in [1.82, 2.24) is 4.31 Å². The Morgan fingerprint density at radius 2 is 2.09 bits per heavy atom. The lowest BCUT2D eigenvalue weighted by atomic mass is 9.85. The summed E-state index contributed by atoms with van der Waals surface area (Å²) in [7, 11) is -3.87. The van der Waals surface area contributed by atoms with E-state index in [1.807, 2.05) is 6.07 Å². The zero-order valence-electron chi connectivity index (χ0n) is 11.8. The van der Waals surface area contributed by atoms with Gasteiger partial charge >= 0.3 is 5.97 Å². The van der Waals surface area contributed by atoms with Crippen LogP contribution in [0.5, 0.6) is 0 Å². The van der Waals surface area contributed by atoms with Crippen LogP contribution in [0, 0.1) is 17.2 Å². The highest BCUT2D eigenvalue weighted by molar-refractivity contribution is 7.91. The normalized spacial score (nSPS) is 29.0. The van der Waals surface area contributed by atoms with Gasteiger partial charge in [-0.2, -0.15) is 9.57 Å². The highest BCUT2D eigenvalue weighted by Crippen LogP contribution is 2.43. The molecule has 1 N–H and O–H groups in total. The quantitative estimate of drug-likeness (QED) is 0.907. The molecule has 6 nitrogen and oxygen atoms in total. The molecule has 1 aliphatic heterocycles. The second kappa shape index (κ2) is 5.65. The molecule has 2 heterocycles. The first kappa shape index (κ1) is 15.5. The summed E-state index contributed by atoms with van der Waals surface area (Å²) in [5.74, 6) is -0.963. The fourth-order valence-corrected chi connectivity index (χ4v) is 6.67. The van der Waals surface area contributed by atoms with E-state index in [4.69, 9.17) is 5.26 Å². The Kier molecular flexibility index (Phi) is 3.97. The minimum Gasteiger partial charge on any atom is -0.480 e. The highest BCUT2D eigenvalue weighted by atomic mass is 32.2. The standard InChI is InChI=1S/C14H16N2O4S2/c15-8-10-5-6-13(21-10)22(19,20)16-11-4-2-1-3-9(11)7-12(16)14(17)18/h5-6,9,11-12H,1-4,7H2,(H,17,18). The fourth-order valence-electron chi connectivity index (χ4n) is 3.60. The van der Waals surface area contributed by atoms with Crippen molar-refractivity contribution in [2.75, 3.05) is 0 Å². The van der Waals surface area contributed by atoms with Crippen molar-refractivity contribution in [3.8, 4) is 6.07 Å². The largest absolute Gasteiger partial charge is 0.480 e. The third-order valence-corrected chi connectivity index (χ3v) is 7.93. The van der Waals surface area contributed by atoms with Gasteiger partial charge in [0, 0.05) is 6.04 Å². The molecule has 0 bridgehead atoms. The van der Waals surface area contributed by atoms with E-state index < -0.39 is 22.0 Å². The zero-order valence-corrected chi connectivity index (χ0v) is 13.4. The number of nitrogens with zero attached hydrogens (tertiary/aromatic N) is 2. The van der Waals surface area contributed by atoms with Gasteiger partial charge in [-0.3, -0.25) is 4.79 Å². The van der Waals surface area contributed by atoms with E-state index >= 15 is 0 Å². The summed E-state index contributed by atoms with van der Waals surface area (Å²) in [6.07, 6.45) is 3.93. The second-order valence-corrected chi connectivity index (χ2v) is 8.92. The van der Waals surface area contributed by atoms with Crippen LogP contribution in [0.15, 0.2) is 16.3 Å². The van der Waals surface area contributed by atoms with Crippen molar-refractivity contribution in [3.63, 3.8) is 0 Å². The lowest BCUT2D eigenvalue weighted by Gasteiger charge is -2.31. The molecule has 1 saturated carbocycles. The first-order valence-electron chi connectivity index (χ1n) is 7.21. The number of carbonyl (C=O) groups is 1. The Balaban J connectivity index is 2.02. The third-order valence-electron chi connectivity index (χ3n) is 4.54. The van der Waals surface area contributed by atoms with Crippen LogP contribution in [0.1, 0.15) is 37.0 Å². The lowest BCUT2D eigenvalue weighted by molar-refractivity contribution is -0.141. The van der Waals surface area contributed by atoms with Crippen molar-refractivity contribution in [2.24, 2.45) is 5.92 Å². The van der Waals surface area contributed by atoms with Crippen molar-refractivity contribution in [3.05, 3.63) is 17.0 Å². The van der Waals surface area contributed by atoms with Crippen LogP contribution in [0.4, 0.5) is 0 Å². The number of hydrogen-bond acceptors (Lipinski definition) is 5. The molecule has 2 fully saturated rings. The number of thiophene rings is 1. The summed E-state index contributed by atoms with van der Waals surface area (Å²) in [5.41, 5.74) is 0. The molecule has 0 radical (unpaired) electrons. The van der Waals surface area contributed by atoms with E-state index in [2.05, 4.69) is 0 Å². The summed E-state index contributed by atoms with van der Waals surface area (Å²) < 4.78 is 27.1. The number of hydrogen-bond donors (Lipinski definition) is 1. The van der Waals surface area contributed by atoms with E-state index in [1.165, 1.54) is 16.4 Å². The van der Waals surface area contributed by atoms with Crippen LogP contribution < -0.4 is 0 Å². The van der Waals surface area contributed by atoms with Gasteiger partial charge in [0.15, 0.2) is 0 Å². The van der Waals surface area contributed by atoms with Crippen LogP contribution >= 0.6 is 11.3 Å². The van der Waals surface area contributed by atoms with E-state index in [0.717, 1.165) is 30.6 Å². The molecular formula is C14H16N2O4S2. The van der Waals surface area contributed by atoms with Gasteiger partial charge in [0.25, 0.3) is 10.0 Å². The molecule has 22 heavy (non-hydrogen) atoms. The van der Waals surface area contributed by atoms with Gasteiger partial charge in [-0.1, -0.05) is 12.8 Å². The first-order chi connectivity index (χ1) is 10.4. The molecule has 1 saturated heterocycles. The summed E-state index contributed by atoms with van der Waals surface area (Å²) in [6.45, 7) is 0. The van der Waals surface area contributed by atoms with E-state index in [0.29, 0.717) is 17.7 Å². The minimum atomic E-state index is -3.87. The van der Waals surface area contributed by atoms with Crippen molar-refractivity contribution in [2.45, 2.75) is 48.4 Å². The fraction of sp³-hybridized carbons (Fsp3) is 0.571. The van der Waals surface area contributed by atoms with Crippen molar-refractivity contribution < 1.29 is 18.3 Å². The molecule has 118 valence electrons. The minimum absolute atomic E-state index is 0.0570. The number of carboxylic acid groups (broad SMARTS) is 1. The molecule has 3 rings (SSSR count). The van der Waals surface area contributed by atoms with Crippen molar-refractivity contribution >= 4 is 27.3 Å². The molecule has 3 atom stereocenters. The maximum absolute atomic E-state index is 12.9. The highest BCUT2D eigenvalue weighted by Gasteiger charge is 2.51. The number of carboxylic acids is 1. The third kappa shape index (κ3) is 2.43. The van der Waals surface area contributed by atoms with Gasteiger partial charge < -0.3 is 5.11 Å². The van der Waals surface area contributed by atoms with E-state index in [-0.39, 0.29) is 16.2 Å². The Labute approximate surface area is 133 Å². The topological polar surface area (TPSA) is 98.5 Å². The first-order valence-corrected chi connectivity index (χ1v) is 9.47. The second-order valence-electron chi connectivity index (χ2n) is 5.77. The Morgan fingerprint density at radius 3 is 2.73 bits per heavy atom. The predicted molar refractivity (Wildman–Crippen MR) is 79.8 cm³/mol. The van der Waals surface area contributed by atoms with Gasteiger partial charge in [-0.15, -0.1) is 11.3 Å². The van der Waals surface area contributed by atoms with Gasteiger partial charge in [0.2, 0.25) is 0 Å². The van der Waals surface area contributed by atoms with E-state index in [1.54, 1.807) is 0 Å². The molecule has 3 unspecified atom stereocenters. The molecule has 1 aromatic heterocycles. The molecule has 0 spiro atoms. The summed E-state index contributed by atoms with van der Waals surface area (Å²) >= 11 is 0.896. The Morgan fingerprint density at radius 1 is 1.36 bits per heavy atom. The number of fused-ring (bicyclic) bond motifs is 1. The van der Waals surface area contributed by atoms with Crippen LogP contribution in [-0.4, -0.2) is 35.9 Å². The average Bonchev–Trinajstić information content (AvgIpc) is 3.12.